The third-order valence-corrected chi connectivity index (χ3v) is 3.48. The molecule has 0 saturated carbocycles. The SMILES string of the molecule is Cc1cc(C)c(NCC(=O)Nc2ccccc2[N+](=O)[O-])c(C)c1. The van der Waals surface area contributed by atoms with Crippen molar-refractivity contribution in [1.29, 1.82) is 0 Å². The van der Waals surface area contributed by atoms with E-state index in [2.05, 4.69) is 10.6 Å². The number of carbonyl (C=O) groups is 1. The van der Waals surface area contributed by atoms with Crippen LogP contribution >= 0.6 is 0 Å². The number of aryl methyl sites for hydroxylation is 3. The standard InChI is InChI=1S/C17H19N3O3/c1-11-8-12(2)17(13(3)9-11)18-10-16(21)19-14-6-4-5-7-15(14)20(22)23/h4-9,18H,10H2,1-3H3,(H,19,21). The number of nitro benzene ring substituents is 1. The van der Waals surface area contributed by atoms with Crippen LogP contribution in [0.15, 0.2) is 36.4 Å². The predicted molar refractivity (Wildman–Crippen MR) is 90.9 cm³/mol. The number of hydrogen-bond donors (Lipinski definition) is 2. The molecule has 2 aromatic carbocycles. The van der Waals surface area contributed by atoms with Gasteiger partial charge in [0.2, 0.25) is 5.91 Å². The number of carbonyl (C=O) groups excluding carboxylic acids is 1. The zero-order chi connectivity index (χ0) is 17.0. The summed E-state index contributed by atoms with van der Waals surface area (Å²) in [6.45, 7) is 6.01. The zero-order valence-electron chi connectivity index (χ0n) is 13.3. The Hall–Kier alpha value is -2.89. The van der Waals surface area contributed by atoms with Crippen molar-refractivity contribution in [3.05, 3.63) is 63.2 Å². The van der Waals surface area contributed by atoms with Gasteiger partial charge < -0.3 is 10.6 Å². The molecule has 0 unspecified atom stereocenters. The summed E-state index contributed by atoms with van der Waals surface area (Å²) in [5.41, 5.74) is 4.26. The molecule has 0 aromatic heterocycles. The van der Waals surface area contributed by atoms with E-state index in [1.807, 2.05) is 32.9 Å². The third-order valence-electron chi connectivity index (χ3n) is 3.48. The molecule has 6 nitrogen and oxygen atoms in total. The number of para-hydroxylation sites is 2. The van der Waals surface area contributed by atoms with Crippen molar-refractivity contribution in [3.63, 3.8) is 0 Å². The van der Waals surface area contributed by atoms with Crippen molar-refractivity contribution in [2.75, 3.05) is 17.2 Å². The molecule has 1 amide bonds. The van der Waals surface area contributed by atoms with E-state index in [1.165, 1.54) is 12.1 Å². The molecule has 23 heavy (non-hydrogen) atoms. The third kappa shape index (κ3) is 4.06. The van der Waals surface area contributed by atoms with Crippen LogP contribution in [0.1, 0.15) is 16.7 Å². The van der Waals surface area contributed by atoms with Gasteiger partial charge in [-0.25, -0.2) is 0 Å². The van der Waals surface area contributed by atoms with Gasteiger partial charge in [0.05, 0.1) is 11.5 Å². The van der Waals surface area contributed by atoms with Crippen LogP contribution in [-0.2, 0) is 4.79 Å². The fourth-order valence-electron chi connectivity index (χ4n) is 2.56. The molecular weight excluding hydrogens is 294 g/mol. The first-order valence-corrected chi connectivity index (χ1v) is 7.23. The van der Waals surface area contributed by atoms with Gasteiger partial charge in [0.15, 0.2) is 0 Å². The topological polar surface area (TPSA) is 84.3 Å². The second kappa shape index (κ2) is 6.91. The maximum Gasteiger partial charge on any atom is 0.292 e. The fourth-order valence-corrected chi connectivity index (χ4v) is 2.56. The molecule has 0 aliphatic heterocycles. The Morgan fingerprint density at radius 2 is 1.74 bits per heavy atom. The van der Waals surface area contributed by atoms with Crippen LogP contribution in [0.4, 0.5) is 17.1 Å². The summed E-state index contributed by atoms with van der Waals surface area (Å²) in [6.07, 6.45) is 0. The van der Waals surface area contributed by atoms with Crippen LogP contribution in [0.3, 0.4) is 0 Å². The first-order valence-electron chi connectivity index (χ1n) is 7.23. The van der Waals surface area contributed by atoms with Crippen molar-refractivity contribution in [2.24, 2.45) is 0 Å². The fraction of sp³-hybridized carbons (Fsp3) is 0.235. The van der Waals surface area contributed by atoms with E-state index >= 15 is 0 Å². The molecule has 0 radical (unpaired) electrons. The Bertz CT molecular complexity index is 733. The lowest BCUT2D eigenvalue weighted by molar-refractivity contribution is -0.383. The number of nitrogens with one attached hydrogen (secondary N) is 2. The number of nitro groups is 1. The lowest BCUT2D eigenvalue weighted by Crippen LogP contribution is -2.22. The van der Waals surface area contributed by atoms with Crippen molar-refractivity contribution in [2.45, 2.75) is 20.8 Å². The number of benzene rings is 2. The summed E-state index contributed by atoms with van der Waals surface area (Å²) in [5, 5.41) is 16.6. The minimum atomic E-state index is -0.517. The number of hydrogen-bond acceptors (Lipinski definition) is 4. The van der Waals surface area contributed by atoms with Gasteiger partial charge in [-0.2, -0.15) is 0 Å². The highest BCUT2D eigenvalue weighted by molar-refractivity contribution is 5.95. The summed E-state index contributed by atoms with van der Waals surface area (Å²) in [5.74, 6) is -0.335. The highest BCUT2D eigenvalue weighted by Crippen LogP contribution is 2.24. The van der Waals surface area contributed by atoms with Crippen molar-refractivity contribution < 1.29 is 9.72 Å². The summed E-state index contributed by atoms with van der Waals surface area (Å²) in [4.78, 5) is 22.5. The first kappa shape index (κ1) is 16.5. The predicted octanol–water partition coefficient (Wildman–Crippen LogP) is 3.57. The van der Waals surface area contributed by atoms with Gasteiger partial charge >= 0.3 is 0 Å². The maximum absolute atomic E-state index is 12.1. The number of nitrogens with zero attached hydrogens (tertiary/aromatic N) is 1. The first-order chi connectivity index (χ1) is 10.9. The summed E-state index contributed by atoms with van der Waals surface area (Å²) < 4.78 is 0. The molecule has 6 heteroatoms. The van der Waals surface area contributed by atoms with E-state index in [9.17, 15) is 14.9 Å². The number of anilines is 2. The molecule has 2 N–H and O–H groups in total. The Morgan fingerprint density at radius 1 is 1.13 bits per heavy atom. The average Bonchev–Trinajstić information content (AvgIpc) is 2.46. The molecular formula is C17H19N3O3. The maximum atomic E-state index is 12.1. The largest absolute Gasteiger partial charge is 0.376 e. The Labute approximate surface area is 134 Å². The summed E-state index contributed by atoms with van der Waals surface area (Å²) in [6, 6.07) is 10.1. The van der Waals surface area contributed by atoms with Crippen LogP contribution in [0, 0.1) is 30.9 Å². The van der Waals surface area contributed by atoms with Crippen LogP contribution in [-0.4, -0.2) is 17.4 Å². The smallest absolute Gasteiger partial charge is 0.292 e. The van der Waals surface area contributed by atoms with Crippen LogP contribution < -0.4 is 10.6 Å². The van der Waals surface area contributed by atoms with Crippen molar-refractivity contribution in [3.8, 4) is 0 Å². The normalized spacial score (nSPS) is 10.2. The van der Waals surface area contributed by atoms with E-state index in [-0.39, 0.29) is 23.8 Å². The molecule has 120 valence electrons. The molecule has 0 fully saturated rings. The quantitative estimate of drug-likeness (QED) is 0.653. The minimum absolute atomic E-state index is 0.0385. The van der Waals surface area contributed by atoms with E-state index in [0.29, 0.717) is 0 Å². The molecule has 0 atom stereocenters. The second-order valence-corrected chi connectivity index (χ2v) is 5.45. The molecule has 0 heterocycles. The Morgan fingerprint density at radius 3 is 2.35 bits per heavy atom. The van der Waals surface area contributed by atoms with Crippen molar-refractivity contribution in [1.82, 2.24) is 0 Å². The summed E-state index contributed by atoms with van der Waals surface area (Å²) >= 11 is 0. The van der Waals surface area contributed by atoms with E-state index in [0.717, 1.165) is 22.4 Å². The highest BCUT2D eigenvalue weighted by atomic mass is 16.6. The van der Waals surface area contributed by atoms with Gasteiger partial charge in [-0.05, 0) is 38.0 Å². The lowest BCUT2D eigenvalue weighted by Gasteiger charge is -2.14. The monoisotopic (exact) mass is 313 g/mol. The summed E-state index contributed by atoms with van der Waals surface area (Å²) in [7, 11) is 0. The van der Waals surface area contributed by atoms with Gasteiger partial charge in [-0.1, -0.05) is 29.8 Å². The van der Waals surface area contributed by atoms with Crippen LogP contribution in [0.5, 0.6) is 0 Å². The minimum Gasteiger partial charge on any atom is -0.376 e. The molecule has 0 aliphatic rings. The number of rotatable bonds is 5. The van der Waals surface area contributed by atoms with Gasteiger partial charge in [0.25, 0.3) is 5.69 Å². The van der Waals surface area contributed by atoms with E-state index < -0.39 is 4.92 Å². The van der Waals surface area contributed by atoms with Crippen molar-refractivity contribution >= 4 is 23.0 Å². The van der Waals surface area contributed by atoms with Gasteiger partial charge in [0.1, 0.15) is 5.69 Å². The molecule has 0 saturated heterocycles. The van der Waals surface area contributed by atoms with Gasteiger partial charge in [0, 0.05) is 11.8 Å². The molecule has 0 bridgehead atoms. The van der Waals surface area contributed by atoms with E-state index in [4.69, 9.17) is 0 Å². The molecule has 0 aliphatic carbocycles. The zero-order valence-corrected chi connectivity index (χ0v) is 13.3. The molecule has 0 spiro atoms. The highest BCUT2D eigenvalue weighted by Gasteiger charge is 2.14. The lowest BCUT2D eigenvalue weighted by atomic mass is 10.1. The van der Waals surface area contributed by atoms with Crippen LogP contribution in [0.25, 0.3) is 0 Å². The Kier molecular flexibility index (Phi) is 4.95. The van der Waals surface area contributed by atoms with Gasteiger partial charge in [-0.3, -0.25) is 14.9 Å². The second-order valence-electron chi connectivity index (χ2n) is 5.45. The van der Waals surface area contributed by atoms with Crippen LogP contribution in [0.2, 0.25) is 0 Å². The Balaban J connectivity index is 2.06. The molecule has 2 aromatic rings. The average molecular weight is 313 g/mol. The van der Waals surface area contributed by atoms with Gasteiger partial charge in [-0.15, -0.1) is 0 Å². The van der Waals surface area contributed by atoms with E-state index in [1.54, 1.807) is 12.1 Å². The molecule has 2 rings (SSSR count). The number of amides is 1.